The quantitative estimate of drug-likeness (QED) is 0.762. The molecule has 2 amide bonds. The van der Waals surface area contributed by atoms with E-state index in [4.69, 9.17) is 22.1 Å². The number of carbonyl (C=O) groups excluding carboxylic acids is 2. The van der Waals surface area contributed by atoms with Gasteiger partial charge in [-0.1, -0.05) is 11.6 Å². The van der Waals surface area contributed by atoms with Crippen molar-refractivity contribution in [2.75, 3.05) is 11.9 Å². The monoisotopic (exact) mass is 337 g/mol. The number of carbonyl (C=O) groups is 2. The maximum atomic E-state index is 12.2. The van der Waals surface area contributed by atoms with E-state index in [9.17, 15) is 9.59 Å². The van der Waals surface area contributed by atoms with Crippen molar-refractivity contribution in [2.45, 2.75) is 43.9 Å². The molecule has 2 aliphatic rings. The fourth-order valence-electron chi connectivity index (χ4n) is 2.56. The zero-order valence-corrected chi connectivity index (χ0v) is 13.4. The zero-order chi connectivity index (χ0) is 16.4. The van der Waals surface area contributed by atoms with Crippen molar-refractivity contribution in [1.82, 2.24) is 5.32 Å². The first kappa shape index (κ1) is 16.2. The first-order chi connectivity index (χ1) is 11.1. The minimum Gasteiger partial charge on any atom is -0.364 e. The lowest BCUT2D eigenvalue weighted by molar-refractivity contribution is -0.126. The lowest BCUT2D eigenvalue weighted by Gasteiger charge is -2.14. The zero-order valence-electron chi connectivity index (χ0n) is 12.7. The number of rotatable bonds is 5. The highest BCUT2D eigenvalue weighted by Gasteiger charge is 2.30. The molecule has 1 aliphatic heterocycles. The summed E-state index contributed by atoms with van der Waals surface area (Å²) >= 11 is 6.08. The van der Waals surface area contributed by atoms with Crippen LogP contribution in [0.5, 0.6) is 0 Å². The molecule has 1 saturated heterocycles. The Kier molecular flexibility index (Phi) is 4.84. The maximum absolute atomic E-state index is 12.2. The van der Waals surface area contributed by atoms with Crippen molar-refractivity contribution in [1.29, 1.82) is 0 Å². The lowest BCUT2D eigenvalue weighted by Crippen LogP contribution is -2.30. The number of hydrogen-bond acceptors (Lipinski definition) is 4. The van der Waals surface area contributed by atoms with E-state index in [0.29, 0.717) is 29.2 Å². The molecule has 1 heterocycles. The van der Waals surface area contributed by atoms with Gasteiger partial charge in [-0.2, -0.15) is 0 Å². The first-order valence-electron chi connectivity index (χ1n) is 7.83. The molecule has 0 unspecified atom stereocenters. The molecule has 1 aromatic rings. The van der Waals surface area contributed by atoms with E-state index in [-0.39, 0.29) is 24.0 Å². The highest BCUT2D eigenvalue weighted by Crippen LogP contribution is 2.25. The second-order valence-electron chi connectivity index (χ2n) is 5.99. The van der Waals surface area contributed by atoms with E-state index in [1.807, 2.05) is 0 Å². The van der Waals surface area contributed by atoms with E-state index in [1.165, 1.54) is 0 Å². The third-order valence-corrected chi connectivity index (χ3v) is 4.38. The average Bonchev–Trinajstić information content (AvgIpc) is 3.21. The molecule has 0 bridgehead atoms. The van der Waals surface area contributed by atoms with Gasteiger partial charge in [0.1, 0.15) is 6.10 Å². The summed E-state index contributed by atoms with van der Waals surface area (Å²) in [6.07, 6.45) is 2.88. The maximum Gasteiger partial charge on any atom is 0.253 e. The van der Waals surface area contributed by atoms with Gasteiger partial charge in [0.15, 0.2) is 0 Å². The molecular weight excluding hydrogens is 318 g/mol. The topological polar surface area (TPSA) is 93.5 Å². The van der Waals surface area contributed by atoms with E-state index in [1.54, 1.807) is 18.2 Å². The Bertz CT molecular complexity index is 619. The molecule has 0 radical (unpaired) electrons. The van der Waals surface area contributed by atoms with Gasteiger partial charge >= 0.3 is 0 Å². The van der Waals surface area contributed by atoms with Crippen LogP contribution in [0.25, 0.3) is 0 Å². The SMILES string of the molecule is NC[C@H]1CC[C@@H](C(=O)Nc2ccc(Cl)c(C(=O)NC3CC3)c2)O1. The summed E-state index contributed by atoms with van der Waals surface area (Å²) in [6.45, 7) is 0.413. The van der Waals surface area contributed by atoms with Crippen molar-refractivity contribution in [2.24, 2.45) is 5.73 Å². The number of benzene rings is 1. The van der Waals surface area contributed by atoms with Crippen LogP contribution in [0, 0.1) is 0 Å². The summed E-state index contributed by atoms with van der Waals surface area (Å²) in [4.78, 5) is 24.4. The largest absolute Gasteiger partial charge is 0.364 e. The Morgan fingerprint density at radius 3 is 2.70 bits per heavy atom. The molecule has 2 fully saturated rings. The van der Waals surface area contributed by atoms with Gasteiger partial charge in [0.25, 0.3) is 11.8 Å². The van der Waals surface area contributed by atoms with Crippen LogP contribution in [-0.2, 0) is 9.53 Å². The van der Waals surface area contributed by atoms with Crippen LogP contribution in [0.15, 0.2) is 18.2 Å². The summed E-state index contributed by atoms with van der Waals surface area (Å²) in [5, 5.41) is 6.02. The molecule has 0 aromatic heterocycles. The molecule has 23 heavy (non-hydrogen) atoms. The Balaban J connectivity index is 1.65. The normalized spacial score (nSPS) is 23.6. The third-order valence-electron chi connectivity index (χ3n) is 4.05. The number of nitrogens with one attached hydrogen (secondary N) is 2. The molecule has 1 saturated carbocycles. The fraction of sp³-hybridized carbons (Fsp3) is 0.500. The van der Waals surface area contributed by atoms with Gasteiger partial charge in [-0.25, -0.2) is 0 Å². The van der Waals surface area contributed by atoms with E-state index in [0.717, 1.165) is 19.3 Å². The van der Waals surface area contributed by atoms with Crippen LogP contribution in [-0.4, -0.2) is 36.6 Å². The van der Waals surface area contributed by atoms with Crippen molar-refractivity contribution in [3.05, 3.63) is 28.8 Å². The average molecular weight is 338 g/mol. The fourth-order valence-corrected chi connectivity index (χ4v) is 2.77. The van der Waals surface area contributed by atoms with E-state index < -0.39 is 6.10 Å². The first-order valence-corrected chi connectivity index (χ1v) is 8.21. The summed E-state index contributed by atoms with van der Waals surface area (Å²) in [5.74, 6) is -0.439. The van der Waals surface area contributed by atoms with Crippen molar-refractivity contribution >= 4 is 29.1 Å². The predicted octanol–water partition coefficient (Wildman–Crippen LogP) is 1.68. The summed E-state index contributed by atoms with van der Waals surface area (Å²) in [5.41, 5.74) is 6.44. The van der Waals surface area contributed by atoms with Gasteiger partial charge in [0.05, 0.1) is 16.7 Å². The Morgan fingerprint density at radius 1 is 1.26 bits per heavy atom. The molecule has 0 spiro atoms. The lowest BCUT2D eigenvalue weighted by atomic mass is 10.1. The van der Waals surface area contributed by atoms with Gasteiger partial charge in [-0.05, 0) is 43.9 Å². The minimum absolute atomic E-state index is 0.0594. The van der Waals surface area contributed by atoms with Crippen molar-refractivity contribution in [3.63, 3.8) is 0 Å². The third kappa shape index (κ3) is 4.02. The van der Waals surface area contributed by atoms with Crippen LogP contribution in [0.2, 0.25) is 5.02 Å². The molecular formula is C16H20ClN3O3. The predicted molar refractivity (Wildman–Crippen MR) is 87.5 cm³/mol. The number of ether oxygens (including phenoxy) is 1. The number of anilines is 1. The Morgan fingerprint density at radius 2 is 2.04 bits per heavy atom. The van der Waals surface area contributed by atoms with Gasteiger partial charge < -0.3 is 21.1 Å². The summed E-state index contributed by atoms with van der Waals surface area (Å²) < 4.78 is 5.56. The number of hydrogen-bond donors (Lipinski definition) is 3. The standard InChI is InChI=1S/C16H20ClN3O3/c17-13-5-3-10(7-12(13)15(21)19-9-1-2-9)20-16(22)14-6-4-11(8-18)23-14/h3,5,7,9,11,14H,1-2,4,6,8,18H2,(H,19,21)(H,20,22)/t11-,14+/m1/s1. The smallest absolute Gasteiger partial charge is 0.253 e. The molecule has 1 aliphatic carbocycles. The second-order valence-corrected chi connectivity index (χ2v) is 6.40. The molecule has 124 valence electrons. The van der Waals surface area contributed by atoms with Crippen molar-refractivity contribution < 1.29 is 14.3 Å². The second kappa shape index (κ2) is 6.86. The van der Waals surface area contributed by atoms with Crippen LogP contribution < -0.4 is 16.4 Å². The highest BCUT2D eigenvalue weighted by molar-refractivity contribution is 6.34. The van der Waals surface area contributed by atoms with E-state index >= 15 is 0 Å². The van der Waals surface area contributed by atoms with Crippen LogP contribution >= 0.6 is 11.6 Å². The van der Waals surface area contributed by atoms with Gasteiger partial charge in [-0.3, -0.25) is 9.59 Å². The van der Waals surface area contributed by atoms with Crippen LogP contribution in [0.4, 0.5) is 5.69 Å². The summed E-state index contributed by atoms with van der Waals surface area (Å²) in [6, 6.07) is 5.12. The molecule has 3 rings (SSSR count). The molecule has 1 aromatic carbocycles. The van der Waals surface area contributed by atoms with Crippen LogP contribution in [0.1, 0.15) is 36.0 Å². The van der Waals surface area contributed by atoms with Crippen LogP contribution in [0.3, 0.4) is 0 Å². The molecule has 7 heteroatoms. The highest BCUT2D eigenvalue weighted by atomic mass is 35.5. The molecule has 6 nitrogen and oxygen atoms in total. The number of halogens is 1. The minimum atomic E-state index is -0.497. The van der Waals surface area contributed by atoms with Gasteiger partial charge in [0, 0.05) is 18.3 Å². The van der Waals surface area contributed by atoms with Gasteiger partial charge in [0.2, 0.25) is 0 Å². The Labute approximate surface area is 139 Å². The number of nitrogens with two attached hydrogens (primary N) is 1. The van der Waals surface area contributed by atoms with E-state index in [2.05, 4.69) is 10.6 Å². The molecule has 4 N–H and O–H groups in total. The van der Waals surface area contributed by atoms with Crippen molar-refractivity contribution in [3.8, 4) is 0 Å². The van der Waals surface area contributed by atoms with Gasteiger partial charge in [-0.15, -0.1) is 0 Å². The summed E-state index contributed by atoms with van der Waals surface area (Å²) in [7, 11) is 0. The molecule has 2 atom stereocenters. The number of amides is 2. The Hall–Kier alpha value is -1.63.